The predicted octanol–water partition coefficient (Wildman–Crippen LogP) is 4.11. The Kier molecular flexibility index (Phi) is 2.77. The molecule has 0 aliphatic rings. The molecule has 0 aliphatic heterocycles. The summed E-state index contributed by atoms with van der Waals surface area (Å²) in [5, 5.41) is 0. The average molecular weight is 356 g/mol. The zero-order valence-corrected chi connectivity index (χ0v) is 11.2. The van der Waals surface area contributed by atoms with E-state index in [-0.39, 0.29) is 11.6 Å². The van der Waals surface area contributed by atoms with E-state index >= 15 is 0 Å². The van der Waals surface area contributed by atoms with Crippen molar-refractivity contribution in [1.82, 2.24) is 9.97 Å². The molecule has 2 aromatic carbocycles. The second-order valence-electron chi connectivity index (χ2n) is 3.87. The highest BCUT2D eigenvalue weighted by molar-refractivity contribution is 14.1. The van der Waals surface area contributed by atoms with Crippen LogP contribution in [-0.4, -0.2) is 9.97 Å². The van der Waals surface area contributed by atoms with Gasteiger partial charge in [-0.2, -0.15) is 0 Å². The number of hydrogen-bond acceptors (Lipinski definition) is 1. The lowest BCUT2D eigenvalue weighted by atomic mass is 10.2. The third kappa shape index (κ3) is 1.98. The van der Waals surface area contributed by atoms with Crippen molar-refractivity contribution in [3.05, 3.63) is 51.6 Å². The van der Waals surface area contributed by atoms with E-state index in [1.807, 2.05) is 22.6 Å². The molecule has 2 nitrogen and oxygen atoms in total. The number of H-pyrrole nitrogens is 1. The summed E-state index contributed by atoms with van der Waals surface area (Å²) < 4.78 is 26.9. The Bertz CT molecular complexity index is 737. The summed E-state index contributed by atoms with van der Waals surface area (Å²) in [6.45, 7) is 0. The van der Waals surface area contributed by atoms with E-state index in [4.69, 9.17) is 0 Å². The Morgan fingerprint density at radius 1 is 1.00 bits per heavy atom. The Morgan fingerprint density at radius 3 is 2.50 bits per heavy atom. The molecule has 0 bridgehead atoms. The molecule has 1 N–H and O–H groups in total. The molecular formula is C13H7F2IN2. The Hall–Kier alpha value is -1.50. The molecular weight excluding hydrogens is 349 g/mol. The van der Waals surface area contributed by atoms with Crippen molar-refractivity contribution < 1.29 is 8.78 Å². The molecule has 1 aromatic heterocycles. The summed E-state index contributed by atoms with van der Waals surface area (Å²) in [6.07, 6.45) is 0. The van der Waals surface area contributed by atoms with Gasteiger partial charge in [-0.25, -0.2) is 13.8 Å². The lowest BCUT2D eigenvalue weighted by Crippen LogP contribution is -1.86. The molecule has 1 heterocycles. The number of fused-ring (bicyclic) bond motifs is 1. The smallest absolute Gasteiger partial charge is 0.139 e. The number of nitrogens with zero attached hydrogens (tertiary/aromatic N) is 1. The van der Waals surface area contributed by atoms with Crippen LogP contribution in [0.1, 0.15) is 0 Å². The van der Waals surface area contributed by atoms with Crippen LogP contribution >= 0.6 is 22.6 Å². The van der Waals surface area contributed by atoms with Crippen LogP contribution in [-0.2, 0) is 0 Å². The maximum absolute atomic E-state index is 13.1. The van der Waals surface area contributed by atoms with Crippen LogP contribution in [0.4, 0.5) is 8.78 Å². The quantitative estimate of drug-likeness (QED) is 0.653. The molecule has 5 heteroatoms. The van der Waals surface area contributed by atoms with Crippen LogP contribution in [0.25, 0.3) is 22.4 Å². The molecule has 0 amide bonds. The van der Waals surface area contributed by atoms with Gasteiger partial charge in [0.1, 0.15) is 17.5 Å². The highest BCUT2D eigenvalue weighted by atomic mass is 127. The SMILES string of the molecule is Fc1ccc(-c2nc3ccc(F)cc3[nH]2)c(I)c1. The molecule has 0 radical (unpaired) electrons. The van der Waals surface area contributed by atoms with E-state index in [1.54, 1.807) is 12.1 Å². The van der Waals surface area contributed by atoms with Gasteiger partial charge in [0.15, 0.2) is 0 Å². The Balaban J connectivity index is 2.19. The maximum Gasteiger partial charge on any atom is 0.139 e. The van der Waals surface area contributed by atoms with Crippen molar-refractivity contribution in [2.24, 2.45) is 0 Å². The van der Waals surface area contributed by atoms with Gasteiger partial charge in [-0.1, -0.05) is 0 Å². The summed E-state index contributed by atoms with van der Waals surface area (Å²) in [4.78, 5) is 7.40. The molecule has 0 atom stereocenters. The first kappa shape index (κ1) is 11.6. The molecule has 90 valence electrons. The van der Waals surface area contributed by atoms with Crippen LogP contribution in [0, 0.1) is 15.2 Å². The fourth-order valence-corrected chi connectivity index (χ4v) is 2.52. The minimum atomic E-state index is -0.313. The lowest BCUT2D eigenvalue weighted by Gasteiger charge is -2.00. The van der Waals surface area contributed by atoms with Crippen molar-refractivity contribution in [3.63, 3.8) is 0 Å². The zero-order chi connectivity index (χ0) is 12.7. The molecule has 0 fully saturated rings. The first-order valence-electron chi connectivity index (χ1n) is 5.24. The topological polar surface area (TPSA) is 28.7 Å². The van der Waals surface area contributed by atoms with E-state index in [9.17, 15) is 8.78 Å². The van der Waals surface area contributed by atoms with Gasteiger partial charge in [0.05, 0.1) is 11.0 Å². The van der Waals surface area contributed by atoms with Crippen molar-refractivity contribution in [2.45, 2.75) is 0 Å². The highest BCUT2D eigenvalue weighted by Gasteiger charge is 2.09. The maximum atomic E-state index is 13.1. The fraction of sp³-hybridized carbons (Fsp3) is 0. The summed E-state index contributed by atoms with van der Waals surface area (Å²) in [6, 6.07) is 8.84. The minimum Gasteiger partial charge on any atom is -0.338 e. The van der Waals surface area contributed by atoms with Gasteiger partial charge >= 0.3 is 0 Å². The number of hydrogen-bond donors (Lipinski definition) is 1. The summed E-state index contributed by atoms with van der Waals surface area (Å²) in [7, 11) is 0. The first-order valence-corrected chi connectivity index (χ1v) is 6.32. The van der Waals surface area contributed by atoms with Crippen LogP contribution in [0.3, 0.4) is 0 Å². The first-order chi connectivity index (χ1) is 8.63. The van der Waals surface area contributed by atoms with Crippen molar-refractivity contribution >= 4 is 33.6 Å². The molecule has 0 spiro atoms. The fourth-order valence-electron chi connectivity index (χ4n) is 1.79. The third-order valence-corrected chi connectivity index (χ3v) is 3.52. The number of halogens is 3. The number of aromatic nitrogens is 2. The molecule has 0 unspecified atom stereocenters. The predicted molar refractivity (Wildman–Crippen MR) is 74.2 cm³/mol. The van der Waals surface area contributed by atoms with E-state index < -0.39 is 0 Å². The van der Waals surface area contributed by atoms with Gasteiger partial charge in [-0.3, -0.25) is 0 Å². The Labute approximate surface area is 115 Å². The second-order valence-corrected chi connectivity index (χ2v) is 5.03. The summed E-state index contributed by atoms with van der Waals surface area (Å²) in [5.74, 6) is 0.0109. The monoisotopic (exact) mass is 356 g/mol. The highest BCUT2D eigenvalue weighted by Crippen LogP contribution is 2.26. The van der Waals surface area contributed by atoms with Gasteiger partial charge in [0.2, 0.25) is 0 Å². The van der Waals surface area contributed by atoms with E-state index in [2.05, 4.69) is 9.97 Å². The number of rotatable bonds is 1. The van der Waals surface area contributed by atoms with Gasteiger partial charge in [0, 0.05) is 9.13 Å². The molecule has 3 rings (SSSR count). The number of benzene rings is 2. The third-order valence-electron chi connectivity index (χ3n) is 2.63. The molecule has 0 saturated carbocycles. The minimum absolute atomic E-state index is 0.287. The molecule has 0 saturated heterocycles. The van der Waals surface area contributed by atoms with Crippen LogP contribution in [0.5, 0.6) is 0 Å². The van der Waals surface area contributed by atoms with Crippen molar-refractivity contribution in [3.8, 4) is 11.4 Å². The summed E-state index contributed by atoms with van der Waals surface area (Å²) >= 11 is 2.05. The van der Waals surface area contributed by atoms with Crippen molar-refractivity contribution in [1.29, 1.82) is 0 Å². The molecule has 3 aromatic rings. The zero-order valence-electron chi connectivity index (χ0n) is 9.05. The van der Waals surface area contributed by atoms with E-state index in [0.29, 0.717) is 16.9 Å². The van der Waals surface area contributed by atoms with Gasteiger partial charge in [0.25, 0.3) is 0 Å². The van der Waals surface area contributed by atoms with Gasteiger partial charge in [-0.05, 0) is 59.0 Å². The Morgan fingerprint density at radius 2 is 1.72 bits per heavy atom. The van der Waals surface area contributed by atoms with Crippen LogP contribution in [0.2, 0.25) is 0 Å². The molecule has 18 heavy (non-hydrogen) atoms. The summed E-state index contributed by atoms with van der Waals surface area (Å²) in [5.41, 5.74) is 2.12. The standard InChI is InChI=1S/C13H7F2IN2/c14-7-1-3-9(10(16)5-7)13-17-11-4-2-8(15)6-12(11)18-13/h1-6H,(H,17,18). The molecule has 0 aliphatic carbocycles. The van der Waals surface area contributed by atoms with Crippen LogP contribution in [0.15, 0.2) is 36.4 Å². The number of imidazole rings is 1. The van der Waals surface area contributed by atoms with E-state index in [1.165, 1.54) is 24.3 Å². The normalized spacial score (nSPS) is 11.1. The number of nitrogens with one attached hydrogen (secondary N) is 1. The number of aromatic amines is 1. The average Bonchev–Trinajstić information content (AvgIpc) is 2.71. The lowest BCUT2D eigenvalue weighted by molar-refractivity contribution is 0.627. The van der Waals surface area contributed by atoms with E-state index in [0.717, 1.165) is 9.13 Å². The second kappa shape index (κ2) is 4.31. The largest absolute Gasteiger partial charge is 0.338 e. The van der Waals surface area contributed by atoms with Gasteiger partial charge < -0.3 is 4.98 Å². The van der Waals surface area contributed by atoms with Crippen LogP contribution < -0.4 is 0 Å². The van der Waals surface area contributed by atoms with Crippen molar-refractivity contribution in [2.75, 3.05) is 0 Å². The van der Waals surface area contributed by atoms with Gasteiger partial charge in [-0.15, -0.1) is 0 Å².